The first-order chi connectivity index (χ1) is 8.86. The quantitative estimate of drug-likeness (QED) is 0.701. The van der Waals surface area contributed by atoms with E-state index in [9.17, 15) is 4.79 Å². The zero-order chi connectivity index (χ0) is 12.6. The molecule has 2 heterocycles. The Hall–Kier alpha value is -0.260. The first-order valence-corrected chi connectivity index (χ1v) is 8.17. The van der Waals surface area contributed by atoms with Crippen molar-refractivity contribution in [3.8, 4) is 0 Å². The summed E-state index contributed by atoms with van der Waals surface area (Å²) in [6.07, 6.45) is 3.66. The van der Waals surface area contributed by atoms with Crippen LogP contribution in [0.4, 0.5) is 0 Å². The Kier molecular flexibility index (Phi) is 6.31. The monoisotopic (exact) mass is 272 g/mol. The molecule has 18 heavy (non-hydrogen) atoms. The van der Waals surface area contributed by atoms with Crippen molar-refractivity contribution in [2.45, 2.75) is 19.3 Å². The summed E-state index contributed by atoms with van der Waals surface area (Å²) in [5.41, 5.74) is 0. The molecule has 4 nitrogen and oxygen atoms in total. The molecule has 0 aromatic heterocycles. The first-order valence-electron chi connectivity index (χ1n) is 7.02. The Morgan fingerprint density at radius 2 is 1.78 bits per heavy atom. The molecule has 1 amide bonds. The molecule has 0 aliphatic carbocycles. The molecule has 0 atom stereocenters. The maximum absolute atomic E-state index is 11.9. The van der Waals surface area contributed by atoms with Crippen LogP contribution in [0.3, 0.4) is 0 Å². The summed E-state index contributed by atoms with van der Waals surface area (Å²) in [5, 5.41) is 0. The van der Waals surface area contributed by atoms with Crippen molar-refractivity contribution >= 4 is 17.7 Å². The van der Waals surface area contributed by atoms with Gasteiger partial charge in [-0.3, -0.25) is 9.69 Å². The van der Waals surface area contributed by atoms with Gasteiger partial charge in [-0.2, -0.15) is 11.8 Å². The van der Waals surface area contributed by atoms with Crippen LogP contribution >= 0.6 is 11.8 Å². The molecule has 2 rings (SSSR count). The van der Waals surface area contributed by atoms with Gasteiger partial charge in [-0.1, -0.05) is 0 Å². The van der Waals surface area contributed by atoms with E-state index in [0.717, 1.165) is 51.7 Å². The van der Waals surface area contributed by atoms with Gasteiger partial charge in [0.1, 0.15) is 0 Å². The van der Waals surface area contributed by atoms with Gasteiger partial charge in [0.25, 0.3) is 0 Å². The third kappa shape index (κ3) is 4.78. The van der Waals surface area contributed by atoms with Crippen molar-refractivity contribution in [1.82, 2.24) is 9.80 Å². The molecule has 0 N–H and O–H groups in total. The molecule has 0 bridgehead atoms. The highest BCUT2D eigenvalue weighted by atomic mass is 32.2. The fourth-order valence-electron chi connectivity index (χ4n) is 2.41. The average Bonchev–Trinajstić information content (AvgIpc) is 2.45. The van der Waals surface area contributed by atoms with Crippen LogP contribution in [0.2, 0.25) is 0 Å². The van der Waals surface area contributed by atoms with E-state index in [1.807, 2.05) is 4.90 Å². The topological polar surface area (TPSA) is 32.8 Å². The zero-order valence-electron chi connectivity index (χ0n) is 11.1. The molecule has 5 heteroatoms. The van der Waals surface area contributed by atoms with Gasteiger partial charge in [0.2, 0.25) is 5.91 Å². The van der Waals surface area contributed by atoms with Crippen LogP contribution in [-0.2, 0) is 9.53 Å². The van der Waals surface area contributed by atoms with Gasteiger partial charge in [-0.25, -0.2) is 0 Å². The number of hydrogen-bond donors (Lipinski definition) is 0. The highest BCUT2D eigenvalue weighted by molar-refractivity contribution is 7.99. The Bertz CT molecular complexity index is 251. The molecule has 2 saturated heterocycles. The van der Waals surface area contributed by atoms with Crippen LogP contribution in [0, 0.1) is 0 Å². The predicted molar refractivity (Wildman–Crippen MR) is 75.0 cm³/mol. The Morgan fingerprint density at radius 1 is 1.06 bits per heavy atom. The van der Waals surface area contributed by atoms with E-state index >= 15 is 0 Å². The minimum atomic E-state index is 0.335. The largest absolute Gasteiger partial charge is 0.379 e. The van der Waals surface area contributed by atoms with Gasteiger partial charge in [-0.15, -0.1) is 0 Å². The molecule has 104 valence electrons. The number of nitrogens with zero attached hydrogens (tertiary/aromatic N) is 2. The third-order valence-electron chi connectivity index (χ3n) is 3.59. The number of amides is 1. The maximum atomic E-state index is 11.9. The smallest absolute Gasteiger partial charge is 0.232 e. The highest BCUT2D eigenvalue weighted by Gasteiger charge is 2.16. The number of likely N-dealkylation sites (tertiary alicyclic amines) is 1. The van der Waals surface area contributed by atoms with E-state index in [-0.39, 0.29) is 0 Å². The number of rotatable bonds is 5. The van der Waals surface area contributed by atoms with Crippen molar-refractivity contribution in [2.24, 2.45) is 0 Å². The van der Waals surface area contributed by atoms with Crippen molar-refractivity contribution in [1.29, 1.82) is 0 Å². The lowest BCUT2D eigenvalue weighted by molar-refractivity contribution is -0.129. The van der Waals surface area contributed by atoms with Crippen molar-refractivity contribution < 1.29 is 9.53 Å². The summed E-state index contributed by atoms with van der Waals surface area (Å²) in [5.74, 6) is 2.05. The van der Waals surface area contributed by atoms with Crippen LogP contribution in [0.1, 0.15) is 19.3 Å². The second kappa shape index (κ2) is 8.02. The molecular weight excluding hydrogens is 248 g/mol. The van der Waals surface area contributed by atoms with Gasteiger partial charge in [-0.05, 0) is 19.3 Å². The fraction of sp³-hybridized carbons (Fsp3) is 0.923. The van der Waals surface area contributed by atoms with Crippen molar-refractivity contribution in [3.05, 3.63) is 0 Å². The molecule has 0 aromatic rings. The van der Waals surface area contributed by atoms with Gasteiger partial charge in [0, 0.05) is 38.5 Å². The first kappa shape index (κ1) is 14.2. The van der Waals surface area contributed by atoms with E-state index in [0.29, 0.717) is 11.7 Å². The standard InChI is InChI=1S/C13H24N2O2S/c16-13(15-4-2-1-3-5-15)12-18-11-8-14-6-9-17-10-7-14/h1-12H2. The molecule has 0 radical (unpaired) electrons. The lowest BCUT2D eigenvalue weighted by atomic mass is 10.1. The predicted octanol–water partition coefficient (Wildman–Crippen LogP) is 1.06. The lowest BCUT2D eigenvalue weighted by Crippen LogP contribution is -2.38. The van der Waals surface area contributed by atoms with Crippen LogP contribution in [0.5, 0.6) is 0 Å². The number of thioether (sulfide) groups is 1. The van der Waals surface area contributed by atoms with Crippen LogP contribution in [0.15, 0.2) is 0 Å². The highest BCUT2D eigenvalue weighted by Crippen LogP contribution is 2.11. The summed E-state index contributed by atoms with van der Waals surface area (Å²) in [4.78, 5) is 16.4. The summed E-state index contributed by atoms with van der Waals surface area (Å²) >= 11 is 1.77. The molecule has 0 unspecified atom stereocenters. The van der Waals surface area contributed by atoms with E-state index in [1.165, 1.54) is 19.3 Å². The van der Waals surface area contributed by atoms with Crippen LogP contribution in [-0.4, -0.2) is 73.2 Å². The summed E-state index contributed by atoms with van der Waals surface area (Å²) in [7, 11) is 0. The molecule has 2 aliphatic heterocycles. The normalized spacial score (nSPS) is 22.1. The minimum absolute atomic E-state index is 0.335. The van der Waals surface area contributed by atoms with Crippen molar-refractivity contribution in [3.63, 3.8) is 0 Å². The summed E-state index contributed by atoms with van der Waals surface area (Å²) < 4.78 is 5.31. The molecule has 0 spiro atoms. The number of carbonyl (C=O) groups excluding carboxylic acids is 1. The van der Waals surface area contributed by atoms with Crippen LogP contribution in [0.25, 0.3) is 0 Å². The number of carbonyl (C=O) groups is 1. The Balaban J connectivity index is 1.52. The molecule has 2 fully saturated rings. The summed E-state index contributed by atoms with van der Waals surface area (Å²) in [6.45, 7) is 6.84. The second-order valence-electron chi connectivity index (χ2n) is 4.95. The fourth-order valence-corrected chi connectivity index (χ4v) is 3.30. The van der Waals surface area contributed by atoms with E-state index in [1.54, 1.807) is 11.8 Å². The van der Waals surface area contributed by atoms with Gasteiger partial charge in [0.15, 0.2) is 0 Å². The average molecular weight is 272 g/mol. The van der Waals surface area contributed by atoms with Gasteiger partial charge in [0.05, 0.1) is 19.0 Å². The number of hydrogen-bond acceptors (Lipinski definition) is 4. The SMILES string of the molecule is O=C(CSCCN1CCOCC1)N1CCCCC1. The number of piperidine rings is 1. The maximum Gasteiger partial charge on any atom is 0.232 e. The Morgan fingerprint density at radius 3 is 2.50 bits per heavy atom. The lowest BCUT2D eigenvalue weighted by Gasteiger charge is -2.27. The van der Waals surface area contributed by atoms with Crippen LogP contribution < -0.4 is 0 Å². The third-order valence-corrected chi connectivity index (χ3v) is 4.51. The molecule has 0 aromatic carbocycles. The van der Waals surface area contributed by atoms with E-state index in [4.69, 9.17) is 4.74 Å². The van der Waals surface area contributed by atoms with Gasteiger partial charge >= 0.3 is 0 Å². The Labute approximate surface area is 114 Å². The van der Waals surface area contributed by atoms with Crippen molar-refractivity contribution in [2.75, 3.05) is 57.4 Å². The zero-order valence-corrected chi connectivity index (χ0v) is 11.9. The molecular formula is C13H24N2O2S. The summed E-state index contributed by atoms with van der Waals surface area (Å²) in [6, 6.07) is 0. The number of morpholine rings is 1. The molecule has 0 saturated carbocycles. The molecule has 2 aliphatic rings. The van der Waals surface area contributed by atoms with E-state index in [2.05, 4.69) is 4.90 Å². The van der Waals surface area contributed by atoms with E-state index < -0.39 is 0 Å². The number of ether oxygens (including phenoxy) is 1. The van der Waals surface area contributed by atoms with Gasteiger partial charge < -0.3 is 9.64 Å². The minimum Gasteiger partial charge on any atom is -0.379 e. The second-order valence-corrected chi connectivity index (χ2v) is 6.05.